The number of ether oxygens (including phenoxy) is 1. The van der Waals surface area contributed by atoms with E-state index in [2.05, 4.69) is 5.32 Å². The van der Waals surface area contributed by atoms with Crippen molar-refractivity contribution in [2.24, 2.45) is 0 Å². The van der Waals surface area contributed by atoms with E-state index in [1.165, 1.54) is 0 Å². The predicted octanol–water partition coefficient (Wildman–Crippen LogP) is 0.242. The van der Waals surface area contributed by atoms with Gasteiger partial charge in [0, 0.05) is 47.1 Å². The Bertz CT molecular complexity index is 184. The van der Waals surface area contributed by atoms with Crippen molar-refractivity contribution in [1.29, 1.82) is 0 Å². The van der Waals surface area contributed by atoms with Crippen LogP contribution in [0.3, 0.4) is 0 Å². The van der Waals surface area contributed by atoms with Gasteiger partial charge in [0.25, 0.3) is 0 Å². The van der Waals surface area contributed by atoms with Crippen LogP contribution in [0.4, 0.5) is 0 Å². The van der Waals surface area contributed by atoms with E-state index < -0.39 is 8.80 Å². The lowest BCUT2D eigenvalue weighted by molar-refractivity contribution is 0.0774. The zero-order valence-electron chi connectivity index (χ0n) is 11.9. The Morgan fingerprint density at radius 2 is 1.72 bits per heavy atom. The number of aliphatic hydroxyl groups excluding tert-OH is 1. The SMILES string of the molecule is CNCC(O)CCOCCC[Si](OC)(OC)OC. The van der Waals surface area contributed by atoms with E-state index in [1.807, 2.05) is 7.05 Å². The Hall–Kier alpha value is -0.0231. The molecule has 0 saturated heterocycles. The first kappa shape index (κ1) is 18.0. The largest absolute Gasteiger partial charge is 0.500 e. The number of hydrogen-bond donors (Lipinski definition) is 2. The van der Waals surface area contributed by atoms with Gasteiger partial charge in [-0.1, -0.05) is 0 Å². The van der Waals surface area contributed by atoms with Crippen molar-refractivity contribution >= 4 is 8.80 Å². The number of rotatable bonds is 12. The molecule has 0 spiro atoms. The maximum atomic E-state index is 9.45. The lowest BCUT2D eigenvalue weighted by atomic mass is 10.3. The van der Waals surface area contributed by atoms with Crippen LogP contribution in [0.1, 0.15) is 12.8 Å². The van der Waals surface area contributed by atoms with E-state index in [-0.39, 0.29) is 6.10 Å². The molecule has 0 aromatic carbocycles. The molecule has 0 bridgehead atoms. The number of aliphatic hydroxyl groups is 1. The molecule has 0 rings (SSSR count). The third-order valence-corrected chi connectivity index (χ3v) is 5.57. The van der Waals surface area contributed by atoms with Crippen LogP contribution in [0, 0.1) is 0 Å². The summed E-state index contributed by atoms with van der Waals surface area (Å²) in [6.07, 6.45) is 1.12. The van der Waals surface area contributed by atoms with Gasteiger partial charge in [-0.15, -0.1) is 0 Å². The summed E-state index contributed by atoms with van der Waals surface area (Å²) in [6, 6.07) is 0.732. The summed E-state index contributed by atoms with van der Waals surface area (Å²) in [4.78, 5) is 0. The quantitative estimate of drug-likeness (QED) is 0.394. The van der Waals surface area contributed by atoms with Gasteiger partial charge in [-0.2, -0.15) is 0 Å². The van der Waals surface area contributed by atoms with Gasteiger partial charge in [-0.3, -0.25) is 0 Å². The van der Waals surface area contributed by atoms with Crippen LogP contribution in [0.5, 0.6) is 0 Å². The van der Waals surface area contributed by atoms with Gasteiger partial charge in [0.2, 0.25) is 0 Å². The van der Waals surface area contributed by atoms with Crippen LogP contribution >= 0.6 is 0 Å². The van der Waals surface area contributed by atoms with E-state index in [0.29, 0.717) is 26.2 Å². The molecule has 0 radical (unpaired) electrons. The van der Waals surface area contributed by atoms with Gasteiger partial charge < -0.3 is 28.4 Å². The van der Waals surface area contributed by atoms with Crippen molar-refractivity contribution in [3.63, 3.8) is 0 Å². The minimum Gasteiger partial charge on any atom is -0.392 e. The Labute approximate surface area is 111 Å². The van der Waals surface area contributed by atoms with Gasteiger partial charge in [-0.05, 0) is 19.9 Å². The predicted molar refractivity (Wildman–Crippen MR) is 71.6 cm³/mol. The highest BCUT2D eigenvalue weighted by Crippen LogP contribution is 2.14. The molecule has 18 heavy (non-hydrogen) atoms. The van der Waals surface area contributed by atoms with Crippen LogP contribution < -0.4 is 5.32 Å². The number of likely N-dealkylation sites (N-methyl/N-ethyl adjacent to an activating group) is 1. The highest BCUT2D eigenvalue weighted by Gasteiger charge is 2.36. The summed E-state index contributed by atoms with van der Waals surface area (Å²) < 4.78 is 21.4. The van der Waals surface area contributed by atoms with E-state index >= 15 is 0 Å². The fourth-order valence-electron chi connectivity index (χ4n) is 1.61. The lowest BCUT2D eigenvalue weighted by Gasteiger charge is -2.24. The van der Waals surface area contributed by atoms with E-state index in [9.17, 15) is 5.11 Å². The molecule has 0 aliphatic heterocycles. The van der Waals surface area contributed by atoms with Crippen molar-refractivity contribution in [1.82, 2.24) is 5.32 Å². The smallest absolute Gasteiger partial charge is 0.392 e. The molecule has 110 valence electrons. The maximum absolute atomic E-state index is 9.45. The summed E-state index contributed by atoms with van der Waals surface area (Å²) in [5.74, 6) is 0. The molecule has 0 aliphatic rings. The van der Waals surface area contributed by atoms with Gasteiger partial charge in [-0.25, -0.2) is 0 Å². The first-order valence-corrected chi connectivity index (χ1v) is 8.13. The first-order chi connectivity index (χ1) is 8.64. The van der Waals surface area contributed by atoms with E-state index in [0.717, 1.165) is 12.5 Å². The Balaban J connectivity index is 3.55. The molecular formula is C11H27NO5Si. The van der Waals surface area contributed by atoms with Gasteiger partial charge in [0.1, 0.15) is 0 Å². The number of hydrogen-bond acceptors (Lipinski definition) is 6. The fraction of sp³-hybridized carbons (Fsp3) is 1.00. The van der Waals surface area contributed by atoms with Crippen molar-refractivity contribution < 1.29 is 23.1 Å². The first-order valence-electron chi connectivity index (χ1n) is 6.20. The van der Waals surface area contributed by atoms with Crippen molar-refractivity contribution in [3.05, 3.63) is 0 Å². The molecule has 1 unspecified atom stereocenters. The molecule has 0 saturated carbocycles. The van der Waals surface area contributed by atoms with Crippen molar-refractivity contribution in [2.45, 2.75) is 25.0 Å². The average molecular weight is 281 g/mol. The summed E-state index contributed by atoms with van der Waals surface area (Å²) in [5.41, 5.74) is 0. The molecule has 1 atom stereocenters. The molecule has 7 heteroatoms. The molecule has 0 aromatic rings. The monoisotopic (exact) mass is 281 g/mol. The molecular weight excluding hydrogens is 254 g/mol. The minimum atomic E-state index is -2.45. The second-order valence-corrected chi connectivity index (χ2v) is 7.10. The second kappa shape index (κ2) is 10.9. The molecule has 0 aliphatic carbocycles. The fourth-order valence-corrected chi connectivity index (χ4v) is 3.30. The van der Waals surface area contributed by atoms with Gasteiger partial charge >= 0.3 is 8.80 Å². The highest BCUT2D eigenvalue weighted by molar-refractivity contribution is 6.60. The van der Waals surface area contributed by atoms with Crippen molar-refractivity contribution in [2.75, 3.05) is 48.1 Å². The zero-order valence-corrected chi connectivity index (χ0v) is 12.9. The summed E-state index contributed by atoms with van der Waals surface area (Å²) in [6.45, 7) is 1.78. The summed E-state index contributed by atoms with van der Waals surface area (Å²) >= 11 is 0. The van der Waals surface area contributed by atoms with Crippen LogP contribution in [-0.4, -0.2) is 68.2 Å². The molecule has 0 heterocycles. The minimum absolute atomic E-state index is 0.347. The second-order valence-electron chi connectivity index (χ2n) is 4.01. The Morgan fingerprint density at radius 1 is 1.11 bits per heavy atom. The van der Waals surface area contributed by atoms with Crippen LogP contribution in [-0.2, 0) is 18.0 Å². The summed E-state index contributed by atoms with van der Waals surface area (Å²) in [5, 5.41) is 12.4. The molecule has 6 nitrogen and oxygen atoms in total. The average Bonchev–Trinajstić information content (AvgIpc) is 2.39. The third-order valence-electron chi connectivity index (χ3n) is 2.74. The van der Waals surface area contributed by atoms with Crippen molar-refractivity contribution in [3.8, 4) is 0 Å². The zero-order chi connectivity index (χ0) is 13.9. The Morgan fingerprint density at radius 3 is 2.22 bits per heavy atom. The molecule has 0 fully saturated rings. The standard InChI is InChI=1S/C11H27NO5Si/c1-12-10-11(13)6-8-17-7-5-9-18(14-2,15-3)16-4/h11-13H,5-10H2,1-4H3. The highest BCUT2D eigenvalue weighted by atomic mass is 28.4. The summed E-state index contributed by atoms with van der Waals surface area (Å²) in [7, 11) is 4.18. The number of nitrogens with one attached hydrogen (secondary N) is 1. The molecule has 0 amide bonds. The van der Waals surface area contributed by atoms with Crippen LogP contribution in [0.2, 0.25) is 6.04 Å². The van der Waals surface area contributed by atoms with Gasteiger partial charge in [0.15, 0.2) is 0 Å². The van der Waals surface area contributed by atoms with Crippen LogP contribution in [0.15, 0.2) is 0 Å². The normalized spacial score (nSPS) is 13.8. The topological polar surface area (TPSA) is 69.2 Å². The molecule has 2 N–H and O–H groups in total. The third kappa shape index (κ3) is 7.42. The van der Waals surface area contributed by atoms with Crippen LogP contribution in [0.25, 0.3) is 0 Å². The maximum Gasteiger partial charge on any atom is 0.500 e. The van der Waals surface area contributed by atoms with Gasteiger partial charge in [0.05, 0.1) is 6.10 Å². The van der Waals surface area contributed by atoms with E-state index in [4.69, 9.17) is 18.0 Å². The lowest BCUT2D eigenvalue weighted by Crippen LogP contribution is -2.42. The molecule has 0 aromatic heterocycles. The Kier molecular flexibility index (Phi) is 10.8. The van der Waals surface area contributed by atoms with E-state index in [1.54, 1.807) is 21.3 Å².